The van der Waals surface area contributed by atoms with Gasteiger partial charge in [0.2, 0.25) is 5.91 Å². The molecule has 2 aromatic carbocycles. The van der Waals surface area contributed by atoms with Crippen molar-refractivity contribution < 1.29 is 9.59 Å². The molecule has 0 aromatic heterocycles. The lowest BCUT2D eigenvalue weighted by Crippen LogP contribution is -2.31. The molecule has 2 amide bonds. The Labute approximate surface area is 154 Å². The minimum Gasteiger partial charge on any atom is -0.345 e. The van der Waals surface area contributed by atoms with E-state index in [-0.39, 0.29) is 17.9 Å². The number of benzene rings is 2. The monoisotopic (exact) mass is 348 g/mol. The van der Waals surface area contributed by atoms with E-state index in [4.69, 9.17) is 0 Å². The van der Waals surface area contributed by atoms with Gasteiger partial charge in [0.05, 0.1) is 6.04 Å². The summed E-state index contributed by atoms with van der Waals surface area (Å²) in [6.07, 6.45) is 4.73. The van der Waals surface area contributed by atoms with Gasteiger partial charge >= 0.3 is 0 Å². The summed E-state index contributed by atoms with van der Waals surface area (Å²) in [5, 5.41) is 3.20. The molecule has 26 heavy (non-hydrogen) atoms. The summed E-state index contributed by atoms with van der Waals surface area (Å²) in [5.74, 6) is 0.167. The summed E-state index contributed by atoms with van der Waals surface area (Å²) in [4.78, 5) is 26.5. The van der Waals surface area contributed by atoms with Crippen molar-refractivity contribution in [1.29, 1.82) is 0 Å². The van der Waals surface area contributed by atoms with Crippen LogP contribution in [0.2, 0.25) is 0 Å². The summed E-state index contributed by atoms with van der Waals surface area (Å²) in [7, 11) is 0. The molecular formula is C22H24N2O2. The Balaban J connectivity index is 1.47. The Bertz CT molecular complexity index is 830. The average molecular weight is 348 g/mol. The molecule has 2 aromatic rings. The van der Waals surface area contributed by atoms with Crippen LogP contribution in [0.15, 0.2) is 48.5 Å². The van der Waals surface area contributed by atoms with Crippen LogP contribution in [0, 0.1) is 0 Å². The van der Waals surface area contributed by atoms with E-state index in [1.165, 1.54) is 11.1 Å². The van der Waals surface area contributed by atoms with Crippen LogP contribution in [0.5, 0.6) is 0 Å². The SMILES string of the molecule is O=C(NC1CCCc2ccccc21)c1cccc(CN2CCCC2=O)c1. The Morgan fingerprint density at radius 2 is 1.96 bits per heavy atom. The molecule has 4 nitrogen and oxygen atoms in total. The molecule has 134 valence electrons. The highest BCUT2D eigenvalue weighted by Gasteiger charge is 2.23. The van der Waals surface area contributed by atoms with Gasteiger partial charge in [0, 0.05) is 25.1 Å². The standard InChI is InChI=1S/C22H24N2O2/c25-21-12-5-13-24(21)15-16-6-3-9-18(14-16)22(26)23-20-11-4-8-17-7-1-2-10-19(17)20/h1-3,6-7,9-10,14,20H,4-5,8,11-13,15H2,(H,23,26). The van der Waals surface area contributed by atoms with Gasteiger partial charge in [0.1, 0.15) is 0 Å². The minimum absolute atomic E-state index is 0.0405. The van der Waals surface area contributed by atoms with E-state index >= 15 is 0 Å². The van der Waals surface area contributed by atoms with Crippen molar-refractivity contribution in [2.45, 2.75) is 44.7 Å². The largest absolute Gasteiger partial charge is 0.345 e. The van der Waals surface area contributed by atoms with Crippen molar-refractivity contribution in [3.63, 3.8) is 0 Å². The summed E-state index contributed by atoms with van der Waals surface area (Å²) >= 11 is 0. The third kappa shape index (κ3) is 3.50. The number of hydrogen-bond acceptors (Lipinski definition) is 2. The smallest absolute Gasteiger partial charge is 0.251 e. The molecular weight excluding hydrogens is 324 g/mol. The van der Waals surface area contributed by atoms with Gasteiger partial charge in [-0.15, -0.1) is 0 Å². The highest BCUT2D eigenvalue weighted by molar-refractivity contribution is 5.94. The molecule has 0 spiro atoms. The number of carbonyl (C=O) groups is 2. The molecule has 1 aliphatic carbocycles. The molecule has 1 fully saturated rings. The lowest BCUT2D eigenvalue weighted by Gasteiger charge is -2.26. The van der Waals surface area contributed by atoms with E-state index in [0.717, 1.165) is 37.8 Å². The number of nitrogens with one attached hydrogen (secondary N) is 1. The zero-order chi connectivity index (χ0) is 17.9. The molecule has 1 unspecified atom stereocenters. The Morgan fingerprint density at radius 3 is 2.81 bits per heavy atom. The van der Waals surface area contributed by atoms with Crippen molar-refractivity contribution in [3.8, 4) is 0 Å². The molecule has 0 saturated carbocycles. The van der Waals surface area contributed by atoms with Gasteiger partial charge in [-0.3, -0.25) is 9.59 Å². The van der Waals surface area contributed by atoms with E-state index in [9.17, 15) is 9.59 Å². The van der Waals surface area contributed by atoms with Gasteiger partial charge in [-0.25, -0.2) is 0 Å². The first-order valence-corrected chi connectivity index (χ1v) is 9.46. The van der Waals surface area contributed by atoms with Crippen molar-refractivity contribution in [2.24, 2.45) is 0 Å². The summed E-state index contributed by atoms with van der Waals surface area (Å²) in [6.45, 7) is 1.40. The predicted molar refractivity (Wildman–Crippen MR) is 101 cm³/mol. The Morgan fingerprint density at radius 1 is 1.08 bits per heavy atom. The average Bonchev–Trinajstić information content (AvgIpc) is 3.07. The zero-order valence-electron chi connectivity index (χ0n) is 14.9. The van der Waals surface area contributed by atoms with Crippen LogP contribution in [-0.4, -0.2) is 23.3 Å². The van der Waals surface area contributed by atoms with E-state index in [1.807, 2.05) is 35.2 Å². The predicted octanol–water partition coefficient (Wildman–Crippen LogP) is 3.62. The van der Waals surface area contributed by atoms with Crippen molar-refractivity contribution in [2.75, 3.05) is 6.54 Å². The second-order valence-corrected chi connectivity index (χ2v) is 7.24. The molecule has 4 rings (SSSR count). The summed E-state index contributed by atoms with van der Waals surface area (Å²) in [5.41, 5.74) is 4.26. The first kappa shape index (κ1) is 16.8. The van der Waals surface area contributed by atoms with Crippen LogP contribution < -0.4 is 5.32 Å². The number of rotatable bonds is 4. The maximum absolute atomic E-state index is 12.8. The normalized spacial score (nSPS) is 19.3. The lowest BCUT2D eigenvalue weighted by molar-refractivity contribution is -0.128. The number of amides is 2. The lowest BCUT2D eigenvalue weighted by atomic mass is 9.87. The van der Waals surface area contributed by atoms with Gasteiger partial charge < -0.3 is 10.2 Å². The minimum atomic E-state index is -0.0405. The van der Waals surface area contributed by atoms with Crippen LogP contribution >= 0.6 is 0 Å². The van der Waals surface area contributed by atoms with Crippen LogP contribution in [0.1, 0.15) is 58.8 Å². The number of likely N-dealkylation sites (tertiary alicyclic amines) is 1. The first-order valence-electron chi connectivity index (χ1n) is 9.46. The highest BCUT2D eigenvalue weighted by Crippen LogP contribution is 2.29. The fourth-order valence-corrected chi connectivity index (χ4v) is 4.05. The molecule has 1 heterocycles. The van der Waals surface area contributed by atoms with E-state index in [1.54, 1.807) is 0 Å². The zero-order valence-corrected chi connectivity index (χ0v) is 14.9. The third-order valence-corrected chi connectivity index (χ3v) is 5.41. The van der Waals surface area contributed by atoms with Gasteiger partial charge in [-0.1, -0.05) is 36.4 Å². The van der Waals surface area contributed by atoms with Crippen LogP contribution in [0.3, 0.4) is 0 Å². The molecule has 1 N–H and O–H groups in total. The number of carbonyl (C=O) groups excluding carboxylic acids is 2. The number of fused-ring (bicyclic) bond motifs is 1. The molecule has 2 aliphatic rings. The maximum Gasteiger partial charge on any atom is 0.251 e. The third-order valence-electron chi connectivity index (χ3n) is 5.41. The second-order valence-electron chi connectivity index (χ2n) is 7.24. The van der Waals surface area contributed by atoms with Crippen molar-refractivity contribution >= 4 is 11.8 Å². The summed E-state index contributed by atoms with van der Waals surface area (Å²) in [6, 6.07) is 16.1. The topological polar surface area (TPSA) is 49.4 Å². The van der Waals surface area contributed by atoms with Crippen molar-refractivity contribution in [1.82, 2.24) is 10.2 Å². The van der Waals surface area contributed by atoms with E-state index in [0.29, 0.717) is 18.5 Å². The molecule has 4 heteroatoms. The van der Waals surface area contributed by atoms with Crippen LogP contribution in [0.25, 0.3) is 0 Å². The van der Waals surface area contributed by atoms with Gasteiger partial charge in [-0.2, -0.15) is 0 Å². The van der Waals surface area contributed by atoms with Gasteiger partial charge in [0.15, 0.2) is 0 Å². The Kier molecular flexibility index (Phi) is 4.74. The fourth-order valence-electron chi connectivity index (χ4n) is 4.05. The van der Waals surface area contributed by atoms with E-state index < -0.39 is 0 Å². The molecule has 0 bridgehead atoms. The van der Waals surface area contributed by atoms with Crippen LogP contribution in [0.4, 0.5) is 0 Å². The molecule has 0 radical (unpaired) electrons. The summed E-state index contributed by atoms with van der Waals surface area (Å²) < 4.78 is 0. The van der Waals surface area contributed by atoms with Crippen molar-refractivity contribution in [3.05, 3.63) is 70.8 Å². The quantitative estimate of drug-likeness (QED) is 0.917. The first-order chi connectivity index (χ1) is 12.7. The fraction of sp³-hybridized carbons (Fsp3) is 0.364. The molecule has 1 saturated heterocycles. The maximum atomic E-state index is 12.8. The molecule has 1 aliphatic heterocycles. The second kappa shape index (κ2) is 7.32. The van der Waals surface area contributed by atoms with Gasteiger partial charge in [0.25, 0.3) is 5.91 Å². The highest BCUT2D eigenvalue weighted by atomic mass is 16.2. The van der Waals surface area contributed by atoms with Crippen LogP contribution in [-0.2, 0) is 17.8 Å². The number of aryl methyl sites for hydroxylation is 1. The number of hydrogen-bond donors (Lipinski definition) is 1. The molecule has 1 atom stereocenters. The van der Waals surface area contributed by atoms with Gasteiger partial charge in [-0.05, 0) is 54.5 Å². The Hall–Kier alpha value is -2.62. The number of nitrogens with zero attached hydrogens (tertiary/aromatic N) is 1. The van der Waals surface area contributed by atoms with E-state index in [2.05, 4.69) is 23.5 Å².